The van der Waals surface area contributed by atoms with Crippen molar-refractivity contribution in [2.24, 2.45) is 11.8 Å². The molecule has 0 bridgehead atoms. The first-order valence-electron chi connectivity index (χ1n) is 6.52. The molecule has 1 aromatic rings. The van der Waals surface area contributed by atoms with Crippen LogP contribution in [0.4, 0.5) is 4.39 Å². The highest BCUT2D eigenvalue weighted by Gasteiger charge is 2.32. The third kappa shape index (κ3) is 2.65. The summed E-state index contributed by atoms with van der Waals surface area (Å²) in [6, 6.07) is 2.93. The molecular weight excluding hydrogens is 217 g/mol. The molecule has 2 nitrogen and oxygen atoms in total. The summed E-state index contributed by atoms with van der Waals surface area (Å²) in [7, 11) is 0. The van der Waals surface area contributed by atoms with Gasteiger partial charge in [-0.2, -0.15) is 0 Å². The Morgan fingerprint density at radius 2 is 2.24 bits per heavy atom. The molecule has 2 rings (SSSR count). The molecule has 3 atom stereocenters. The number of aliphatic hydroxyl groups is 1. The molecule has 1 aromatic heterocycles. The number of halogens is 1. The minimum Gasteiger partial charge on any atom is -0.386 e. The lowest BCUT2D eigenvalue weighted by molar-refractivity contribution is 0.0395. The van der Waals surface area contributed by atoms with Gasteiger partial charge in [0.2, 0.25) is 0 Å². The Morgan fingerprint density at radius 3 is 2.94 bits per heavy atom. The minimum atomic E-state index is -0.749. The summed E-state index contributed by atoms with van der Waals surface area (Å²) in [6.07, 6.45) is 6.34. The average Bonchev–Trinajstić information content (AvgIpc) is 2.38. The van der Waals surface area contributed by atoms with Crippen LogP contribution in [0.1, 0.15) is 50.8 Å². The van der Waals surface area contributed by atoms with Crippen LogP contribution in [0.2, 0.25) is 0 Å². The van der Waals surface area contributed by atoms with Gasteiger partial charge in [-0.3, -0.25) is 4.98 Å². The Balaban J connectivity index is 2.18. The van der Waals surface area contributed by atoms with Gasteiger partial charge in [0.05, 0.1) is 0 Å². The van der Waals surface area contributed by atoms with Crippen LogP contribution in [-0.2, 0) is 0 Å². The maximum atomic E-state index is 13.6. The molecule has 1 aliphatic carbocycles. The highest BCUT2D eigenvalue weighted by molar-refractivity contribution is 5.11. The fraction of sp³-hybridized carbons (Fsp3) is 0.643. The topological polar surface area (TPSA) is 33.1 Å². The van der Waals surface area contributed by atoms with Crippen molar-refractivity contribution in [2.45, 2.75) is 45.1 Å². The zero-order chi connectivity index (χ0) is 12.3. The van der Waals surface area contributed by atoms with Gasteiger partial charge >= 0.3 is 0 Å². The number of aliphatic hydroxyl groups excluding tert-OH is 1. The van der Waals surface area contributed by atoms with E-state index in [-0.39, 0.29) is 17.4 Å². The molecule has 3 heteroatoms. The number of pyridine rings is 1. The first-order chi connectivity index (χ1) is 8.24. The van der Waals surface area contributed by atoms with Crippen LogP contribution in [0.15, 0.2) is 18.3 Å². The summed E-state index contributed by atoms with van der Waals surface area (Å²) >= 11 is 0. The van der Waals surface area contributed by atoms with Crippen LogP contribution >= 0.6 is 0 Å². The van der Waals surface area contributed by atoms with Crippen LogP contribution in [0.5, 0.6) is 0 Å². The molecule has 1 saturated carbocycles. The van der Waals surface area contributed by atoms with Crippen molar-refractivity contribution in [3.8, 4) is 0 Å². The Labute approximate surface area is 102 Å². The molecule has 17 heavy (non-hydrogen) atoms. The predicted molar refractivity (Wildman–Crippen MR) is 64.9 cm³/mol. The molecule has 94 valence electrons. The van der Waals surface area contributed by atoms with Crippen LogP contribution in [0.25, 0.3) is 0 Å². The molecule has 1 fully saturated rings. The van der Waals surface area contributed by atoms with Crippen molar-refractivity contribution in [1.29, 1.82) is 0 Å². The second-order valence-electron chi connectivity index (χ2n) is 4.93. The van der Waals surface area contributed by atoms with E-state index < -0.39 is 6.10 Å². The molecule has 0 radical (unpaired) electrons. The Morgan fingerprint density at radius 1 is 1.47 bits per heavy atom. The Bertz CT molecular complexity index is 369. The van der Waals surface area contributed by atoms with Gasteiger partial charge < -0.3 is 5.11 Å². The Hall–Kier alpha value is -0.960. The summed E-state index contributed by atoms with van der Waals surface area (Å²) in [6.45, 7) is 2.14. The quantitative estimate of drug-likeness (QED) is 0.873. The van der Waals surface area contributed by atoms with Crippen LogP contribution in [0, 0.1) is 17.7 Å². The maximum absolute atomic E-state index is 13.6. The number of rotatable bonds is 3. The smallest absolute Gasteiger partial charge is 0.147 e. The van der Waals surface area contributed by atoms with Crippen molar-refractivity contribution >= 4 is 0 Å². The largest absolute Gasteiger partial charge is 0.386 e. The van der Waals surface area contributed by atoms with E-state index in [0.717, 1.165) is 25.7 Å². The Kier molecular flexibility index (Phi) is 4.11. The van der Waals surface area contributed by atoms with E-state index in [4.69, 9.17) is 0 Å². The van der Waals surface area contributed by atoms with Crippen LogP contribution in [-0.4, -0.2) is 10.1 Å². The van der Waals surface area contributed by atoms with Crippen LogP contribution < -0.4 is 0 Å². The van der Waals surface area contributed by atoms with Gasteiger partial charge in [-0.05, 0) is 30.4 Å². The van der Waals surface area contributed by atoms with Crippen molar-refractivity contribution in [1.82, 2.24) is 4.98 Å². The molecule has 1 heterocycles. The molecule has 0 spiro atoms. The lowest BCUT2D eigenvalue weighted by atomic mass is 9.74. The predicted octanol–water partition coefficient (Wildman–Crippen LogP) is 3.47. The summed E-state index contributed by atoms with van der Waals surface area (Å²) < 4.78 is 13.6. The SMILES string of the molecule is CCC1CCCCC1C(O)c1ncccc1F. The van der Waals surface area contributed by atoms with Crippen LogP contribution in [0.3, 0.4) is 0 Å². The van der Waals surface area contributed by atoms with Gasteiger partial charge in [0, 0.05) is 6.20 Å². The third-order valence-electron chi connectivity index (χ3n) is 3.96. The van der Waals surface area contributed by atoms with E-state index in [1.165, 1.54) is 12.5 Å². The maximum Gasteiger partial charge on any atom is 0.147 e. The van der Waals surface area contributed by atoms with Crippen molar-refractivity contribution in [2.75, 3.05) is 0 Å². The fourth-order valence-electron chi connectivity index (χ4n) is 2.98. The summed E-state index contributed by atoms with van der Waals surface area (Å²) in [5.74, 6) is 0.277. The second-order valence-corrected chi connectivity index (χ2v) is 4.93. The molecule has 1 N–H and O–H groups in total. The lowest BCUT2D eigenvalue weighted by Gasteiger charge is -2.34. The normalized spacial score (nSPS) is 26.8. The summed E-state index contributed by atoms with van der Waals surface area (Å²) in [4.78, 5) is 4.00. The molecule has 0 aromatic carbocycles. The third-order valence-corrected chi connectivity index (χ3v) is 3.96. The number of aromatic nitrogens is 1. The first-order valence-corrected chi connectivity index (χ1v) is 6.52. The van der Waals surface area contributed by atoms with E-state index in [0.29, 0.717) is 5.92 Å². The fourth-order valence-corrected chi connectivity index (χ4v) is 2.98. The second kappa shape index (κ2) is 5.58. The van der Waals surface area contributed by atoms with E-state index in [9.17, 15) is 9.50 Å². The molecule has 0 amide bonds. The molecule has 3 unspecified atom stereocenters. The van der Waals surface area contributed by atoms with E-state index in [2.05, 4.69) is 11.9 Å². The van der Waals surface area contributed by atoms with Gasteiger partial charge in [-0.25, -0.2) is 4.39 Å². The molecule has 0 aliphatic heterocycles. The standard InChI is InChI=1S/C14H20FNO/c1-2-10-6-3-4-7-11(10)14(17)13-12(15)8-5-9-16-13/h5,8-11,14,17H,2-4,6-7H2,1H3. The number of nitrogens with zero attached hydrogens (tertiary/aromatic N) is 1. The monoisotopic (exact) mass is 237 g/mol. The van der Waals surface area contributed by atoms with Gasteiger partial charge in [-0.1, -0.05) is 32.6 Å². The summed E-state index contributed by atoms with van der Waals surface area (Å²) in [5, 5.41) is 10.3. The number of hydrogen-bond donors (Lipinski definition) is 1. The highest BCUT2D eigenvalue weighted by Crippen LogP contribution is 2.40. The average molecular weight is 237 g/mol. The number of hydrogen-bond acceptors (Lipinski definition) is 2. The van der Waals surface area contributed by atoms with Gasteiger partial charge in [0.1, 0.15) is 17.6 Å². The van der Waals surface area contributed by atoms with Gasteiger partial charge in [0.15, 0.2) is 0 Å². The molecule has 1 aliphatic rings. The van der Waals surface area contributed by atoms with Crippen molar-refractivity contribution in [3.63, 3.8) is 0 Å². The zero-order valence-corrected chi connectivity index (χ0v) is 10.3. The highest BCUT2D eigenvalue weighted by atomic mass is 19.1. The van der Waals surface area contributed by atoms with Crippen molar-refractivity contribution < 1.29 is 9.50 Å². The van der Waals surface area contributed by atoms with E-state index >= 15 is 0 Å². The van der Waals surface area contributed by atoms with Gasteiger partial charge in [0.25, 0.3) is 0 Å². The minimum absolute atomic E-state index is 0.165. The lowest BCUT2D eigenvalue weighted by Crippen LogP contribution is -2.26. The van der Waals surface area contributed by atoms with E-state index in [1.54, 1.807) is 12.3 Å². The molecular formula is C14H20FNO. The van der Waals surface area contributed by atoms with Crippen molar-refractivity contribution in [3.05, 3.63) is 29.8 Å². The zero-order valence-electron chi connectivity index (χ0n) is 10.3. The first kappa shape index (κ1) is 12.5. The van der Waals surface area contributed by atoms with E-state index in [1.807, 2.05) is 0 Å². The van der Waals surface area contributed by atoms with Gasteiger partial charge in [-0.15, -0.1) is 0 Å². The summed E-state index contributed by atoms with van der Waals surface area (Å²) in [5.41, 5.74) is 0.220. The molecule has 0 saturated heterocycles.